The zero-order valence-electron chi connectivity index (χ0n) is 14.3. The fraction of sp³-hybridized carbons (Fsp3) is 0.562. The van der Waals surface area contributed by atoms with Crippen molar-refractivity contribution < 1.29 is 19.1 Å². The summed E-state index contributed by atoms with van der Waals surface area (Å²) in [5.74, 6) is 0.125. The molecule has 2 amide bonds. The molecule has 0 saturated carbocycles. The monoisotopic (exact) mass is 355 g/mol. The molecule has 24 heavy (non-hydrogen) atoms. The van der Waals surface area contributed by atoms with E-state index in [1.807, 2.05) is 20.8 Å². The van der Waals surface area contributed by atoms with Crippen molar-refractivity contribution in [2.45, 2.75) is 26.4 Å². The van der Waals surface area contributed by atoms with Crippen molar-refractivity contribution in [3.05, 3.63) is 22.8 Å². The van der Waals surface area contributed by atoms with Crippen LogP contribution in [-0.2, 0) is 4.74 Å². The van der Waals surface area contributed by atoms with E-state index >= 15 is 0 Å². The van der Waals surface area contributed by atoms with E-state index in [-0.39, 0.29) is 17.2 Å². The van der Waals surface area contributed by atoms with Gasteiger partial charge in [0, 0.05) is 37.8 Å². The van der Waals surface area contributed by atoms with Gasteiger partial charge < -0.3 is 19.3 Å². The number of pyridine rings is 1. The van der Waals surface area contributed by atoms with Gasteiger partial charge in [0.2, 0.25) is 5.88 Å². The normalized spacial score (nSPS) is 15.2. The largest absolute Gasteiger partial charge is 0.481 e. The van der Waals surface area contributed by atoms with E-state index in [0.717, 1.165) is 0 Å². The maximum Gasteiger partial charge on any atom is 0.410 e. The molecule has 0 unspecified atom stereocenters. The lowest BCUT2D eigenvalue weighted by Gasteiger charge is -2.35. The highest BCUT2D eigenvalue weighted by atomic mass is 35.5. The average Bonchev–Trinajstić information content (AvgIpc) is 2.52. The van der Waals surface area contributed by atoms with Gasteiger partial charge in [-0.15, -0.1) is 0 Å². The molecule has 8 heteroatoms. The number of amides is 2. The molecule has 1 aliphatic heterocycles. The van der Waals surface area contributed by atoms with Crippen LogP contribution < -0.4 is 4.74 Å². The minimum atomic E-state index is -0.533. The molecule has 0 aliphatic carbocycles. The summed E-state index contributed by atoms with van der Waals surface area (Å²) < 4.78 is 10.4. The van der Waals surface area contributed by atoms with Crippen LogP contribution in [0.4, 0.5) is 4.79 Å². The Morgan fingerprint density at radius 3 is 2.25 bits per heavy atom. The third kappa shape index (κ3) is 4.74. The lowest BCUT2D eigenvalue weighted by Crippen LogP contribution is -2.51. The Hall–Kier alpha value is -2.02. The number of ether oxygens (including phenoxy) is 2. The minimum Gasteiger partial charge on any atom is -0.481 e. The third-order valence-electron chi connectivity index (χ3n) is 3.45. The van der Waals surface area contributed by atoms with Crippen molar-refractivity contribution in [2.75, 3.05) is 33.3 Å². The summed E-state index contributed by atoms with van der Waals surface area (Å²) >= 11 is 5.91. The number of halogens is 1. The van der Waals surface area contributed by atoms with Crippen LogP contribution >= 0.6 is 11.6 Å². The summed E-state index contributed by atoms with van der Waals surface area (Å²) in [7, 11) is 1.46. The van der Waals surface area contributed by atoms with Gasteiger partial charge in [-0.2, -0.15) is 0 Å². The minimum absolute atomic E-state index is 0.165. The molecule has 2 heterocycles. The number of hydrogen-bond donors (Lipinski definition) is 0. The number of carbonyl (C=O) groups is 2. The first-order valence-corrected chi connectivity index (χ1v) is 8.06. The first kappa shape index (κ1) is 18.3. The lowest BCUT2D eigenvalue weighted by molar-refractivity contribution is 0.0141. The zero-order valence-corrected chi connectivity index (χ0v) is 15.1. The molecule has 1 aromatic heterocycles. The number of piperazine rings is 1. The van der Waals surface area contributed by atoms with E-state index in [9.17, 15) is 9.59 Å². The van der Waals surface area contributed by atoms with Crippen molar-refractivity contribution in [3.8, 4) is 5.88 Å². The second kappa shape index (κ2) is 7.25. The van der Waals surface area contributed by atoms with Crippen molar-refractivity contribution in [2.24, 2.45) is 0 Å². The van der Waals surface area contributed by atoms with Crippen molar-refractivity contribution in [3.63, 3.8) is 0 Å². The van der Waals surface area contributed by atoms with Gasteiger partial charge in [-0.1, -0.05) is 11.6 Å². The second-order valence-electron chi connectivity index (χ2n) is 6.48. The number of methoxy groups -OCH3 is 1. The smallest absolute Gasteiger partial charge is 0.410 e. The van der Waals surface area contributed by atoms with E-state index in [1.165, 1.54) is 13.2 Å². The molecular formula is C16H22ClN3O4. The molecule has 0 bridgehead atoms. The van der Waals surface area contributed by atoms with Crippen molar-refractivity contribution in [1.29, 1.82) is 0 Å². The van der Waals surface area contributed by atoms with Gasteiger partial charge in [0.25, 0.3) is 5.91 Å². The van der Waals surface area contributed by atoms with Crippen LogP contribution in [0, 0.1) is 0 Å². The first-order valence-electron chi connectivity index (χ1n) is 7.68. The van der Waals surface area contributed by atoms with E-state index in [2.05, 4.69) is 4.98 Å². The Morgan fingerprint density at radius 1 is 1.12 bits per heavy atom. The first-order chi connectivity index (χ1) is 11.2. The Kier molecular flexibility index (Phi) is 5.54. The third-order valence-corrected chi connectivity index (χ3v) is 3.64. The highest BCUT2D eigenvalue weighted by Gasteiger charge is 2.28. The predicted molar refractivity (Wildman–Crippen MR) is 89.5 cm³/mol. The van der Waals surface area contributed by atoms with Crippen LogP contribution in [0.3, 0.4) is 0 Å². The molecule has 7 nitrogen and oxygen atoms in total. The van der Waals surface area contributed by atoms with Crippen LogP contribution in [0.5, 0.6) is 5.88 Å². The summed E-state index contributed by atoms with van der Waals surface area (Å²) in [4.78, 5) is 31.9. The van der Waals surface area contributed by atoms with E-state index < -0.39 is 5.60 Å². The molecule has 1 aromatic rings. The maximum atomic E-state index is 12.6. The SMILES string of the molecule is COc1cc(C(=O)N2CCN(C(=O)OC(C)(C)C)CC2)cc(Cl)n1. The van der Waals surface area contributed by atoms with Crippen LogP contribution in [-0.4, -0.2) is 65.7 Å². The number of carbonyl (C=O) groups excluding carboxylic acids is 2. The number of rotatable bonds is 2. The molecule has 1 fully saturated rings. The molecule has 1 saturated heterocycles. The Labute approximate surface area is 146 Å². The molecule has 0 radical (unpaired) electrons. The van der Waals surface area contributed by atoms with Gasteiger partial charge in [-0.25, -0.2) is 9.78 Å². The molecule has 132 valence electrons. The lowest BCUT2D eigenvalue weighted by atomic mass is 10.2. The van der Waals surface area contributed by atoms with Crippen LogP contribution in [0.2, 0.25) is 5.15 Å². The zero-order chi connectivity index (χ0) is 17.9. The van der Waals surface area contributed by atoms with Gasteiger partial charge in [0.1, 0.15) is 10.8 Å². The van der Waals surface area contributed by atoms with Crippen molar-refractivity contribution in [1.82, 2.24) is 14.8 Å². The Morgan fingerprint density at radius 2 is 1.71 bits per heavy atom. The summed E-state index contributed by atoms with van der Waals surface area (Å²) in [6.45, 7) is 7.19. The molecular weight excluding hydrogens is 334 g/mol. The van der Waals surface area contributed by atoms with Gasteiger partial charge in [0.15, 0.2) is 0 Å². The summed E-state index contributed by atoms with van der Waals surface area (Å²) in [5.41, 5.74) is -0.119. The second-order valence-corrected chi connectivity index (χ2v) is 6.87. The highest BCUT2D eigenvalue weighted by Crippen LogP contribution is 2.19. The number of nitrogens with zero attached hydrogens (tertiary/aromatic N) is 3. The number of aromatic nitrogens is 1. The molecule has 2 rings (SSSR count). The summed E-state index contributed by atoms with van der Waals surface area (Å²) in [6.07, 6.45) is -0.358. The molecule has 0 N–H and O–H groups in total. The predicted octanol–water partition coefficient (Wildman–Crippen LogP) is 2.44. The van der Waals surface area contributed by atoms with Gasteiger partial charge in [0.05, 0.1) is 7.11 Å². The Bertz CT molecular complexity index is 622. The van der Waals surface area contributed by atoms with Crippen LogP contribution in [0.25, 0.3) is 0 Å². The van der Waals surface area contributed by atoms with Crippen LogP contribution in [0.15, 0.2) is 12.1 Å². The van der Waals surface area contributed by atoms with E-state index in [0.29, 0.717) is 37.6 Å². The highest BCUT2D eigenvalue weighted by molar-refractivity contribution is 6.29. The Balaban J connectivity index is 1.98. The maximum absolute atomic E-state index is 12.6. The van der Waals surface area contributed by atoms with Gasteiger partial charge in [-0.3, -0.25) is 4.79 Å². The molecule has 0 aromatic carbocycles. The van der Waals surface area contributed by atoms with E-state index in [4.69, 9.17) is 21.1 Å². The standard InChI is InChI=1S/C16H22ClN3O4/c1-16(2,3)24-15(22)20-7-5-19(6-8-20)14(21)11-9-12(17)18-13(10-11)23-4/h9-10H,5-8H2,1-4H3. The topological polar surface area (TPSA) is 72.0 Å². The fourth-order valence-corrected chi connectivity index (χ4v) is 2.50. The van der Waals surface area contributed by atoms with Gasteiger partial charge >= 0.3 is 6.09 Å². The van der Waals surface area contributed by atoms with Crippen LogP contribution in [0.1, 0.15) is 31.1 Å². The van der Waals surface area contributed by atoms with E-state index in [1.54, 1.807) is 15.9 Å². The molecule has 0 spiro atoms. The summed E-state index contributed by atoms with van der Waals surface area (Å²) in [6, 6.07) is 3.06. The number of hydrogen-bond acceptors (Lipinski definition) is 5. The summed E-state index contributed by atoms with van der Waals surface area (Å²) in [5, 5.41) is 0.199. The average molecular weight is 356 g/mol. The van der Waals surface area contributed by atoms with Gasteiger partial charge in [-0.05, 0) is 26.8 Å². The quantitative estimate of drug-likeness (QED) is 0.762. The fourth-order valence-electron chi connectivity index (χ4n) is 2.30. The molecule has 1 aliphatic rings. The van der Waals surface area contributed by atoms with Crippen molar-refractivity contribution >= 4 is 23.6 Å². The molecule has 0 atom stereocenters.